The van der Waals surface area contributed by atoms with E-state index in [0.717, 1.165) is 12.0 Å². The molecule has 1 saturated heterocycles. The van der Waals surface area contributed by atoms with Gasteiger partial charge in [-0.15, -0.1) is 0 Å². The summed E-state index contributed by atoms with van der Waals surface area (Å²) in [7, 11) is -3.71. The van der Waals surface area contributed by atoms with Gasteiger partial charge in [-0.25, -0.2) is 13.6 Å². The first kappa shape index (κ1) is 15.3. The molecule has 0 radical (unpaired) electrons. The second kappa shape index (κ2) is 5.35. The fourth-order valence-electron chi connectivity index (χ4n) is 2.16. The van der Waals surface area contributed by atoms with E-state index < -0.39 is 10.0 Å². The Morgan fingerprint density at radius 1 is 1.35 bits per heavy atom. The maximum atomic E-state index is 11.5. The molecular weight excluding hydrogens is 278 g/mol. The minimum atomic E-state index is -3.71. The van der Waals surface area contributed by atoms with Crippen molar-refractivity contribution < 1.29 is 17.9 Å². The van der Waals surface area contributed by atoms with Crippen LogP contribution in [-0.2, 0) is 20.2 Å². The molecule has 0 saturated carbocycles. The fraction of sp³-hybridized carbons (Fsp3) is 0.571. The van der Waals surface area contributed by atoms with Gasteiger partial charge in [0, 0.05) is 12.0 Å². The average molecular weight is 299 g/mol. The average Bonchev–Trinajstić information content (AvgIpc) is 2.79. The van der Waals surface area contributed by atoms with E-state index in [-0.39, 0.29) is 16.4 Å². The zero-order valence-electron chi connectivity index (χ0n) is 12.0. The molecule has 1 unspecified atom stereocenters. The molecular formula is C14H21NO4S. The zero-order chi connectivity index (χ0) is 15.0. The molecule has 1 atom stereocenters. The van der Waals surface area contributed by atoms with Crippen molar-refractivity contribution in [2.75, 3.05) is 13.2 Å². The Labute approximate surface area is 120 Å². The van der Waals surface area contributed by atoms with Gasteiger partial charge in [0.15, 0.2) is 0 Å². The molecule has 0 aromatic heterocycles. The van der Waals surface area contributed by atoms with E-state index in [4.69, 9.17) is 14.6 Å². The number of benzene rings is 1. The summed E-state index contributed by atoms with van der Waals surface area (Å²) in [5.74, 6) is 0.695. The van der Waals surface area contributed by atoms with Crippen LogP contribution >= 0.6 is 0 Å². The zero-order valence-corrected chi connectivity index (χ0v) is 12.9. The van der Waals surface area contributed by atoms with Gasteiger partial charge >= 0.3 is 0 Å². The Morgan fingerprint density at radius 3 is 2.55 bits per heavy atom. The summed E-state index contributed by atoms with van der Waals surface area (Å²) in [5.41, 5.74) is 0.589. The Bertz CT molecular complexity index is 584. The highest BCUT2D eigenvalue weighted by atomic mass is 32.2. The summed E-state index contributed by atoms with van der Waals surface area (Å²) in [5, 5.41) is 5.19. The van der Waals surface area contributed by atoms with Crippen LogP contribution in [0.5, 0.6) is 5.75 Å². The van der Waals surface area contributed by atoms with Gasteiger partial charge in [-0.3, -0.25) is 0 Å². The minimum absolute atomic E-state index is 0.0245. The van der Waals surface area contributed by atoms with Crippen molar-refractivity contribution >= 4 is 10.0 Å². The molecule has 6 heteroatoms. The van der Waals surface area contributed by atoms with E-state index in [9.17, 15) is 8.42 Å². The Hall–Kier alpha value is -1.11. The van der Waals surface area contributed by atoms with E-state index in [1.54, 1.807) is 12.1 Å². The first-order valence-corrected chi connectivity index (χ1v) is 8.14. The molecule has 1 aliphatic heterocycles. The van der Waals surface area contributed by atoms with E-state index in [1.807, 2.05) is 20.8 Å². The van der Waals surface area contributed by atoms with Gasteiger partial charge in [-0.05, 0) is 23.6 Å². The number of hydrogen-bond donors (Lipinski definition) is 1. The number of sulfonamides is 1. The van der Waals surface area contributed by atoms with Crippen molar-refractivity contribution in [2.45, 2.75) is 43.6 Å². The number of rotatable bonds is 3. The van der Waals surface area contributed by atoms with Crippen LogP contribution in [0.1, 0.15) is 32.8 Å². The molecule has 1 fully saturated rings. The molecule has 20 heavy (non-hydrogen) atoms. The molecule has 2 rings (SSSR count). The highest BCUT2D eigenvalue weighted by molar-refractivity contribution is 7.89. The molecule has 1 aliphatic rings. The van der Waals surface area contributed by atoms with Crippen molar-refractivity contribution in [3.05, 3.63) is 23.8 Å². The van der Waals surface area contributed by atoms with E-state index in [2.05, 4.69) is 0 Å². The molecule has 2 N–H and O–H groups in total. The lowest BCUT2D eigenvalue weighted by molar-refractivity contribution is 0.140. The van der Waals surface area contributed by atoms with Crippen LogP contribution in [0.15, 0.2) is 23.1 Å². The molecule has 0 aliphatic carbocycles. The Balaban J connectivity index is 2.40. The van der Waals surface area contributed by atoms with Gasteiger partial charge in [-0.1, -0.05) is 20.8 Å². The first-order chi connectivity index (χ1) is 9.18. The topological polar surface area (TPSA) is 78.6 Å². The standard InChI is InChI=1S/C14H21NO4S/c1-14(2,3)12-8-11(20(15,16)17)4-5-13(12)19-10-6-7-18-9-10/h4-5,8,10H,6-7,9H2,1-3H3,(H2,15,16,17). The van der Waals surface area contributed by atoms with Crippen molar-refractivity contribution in [1.29, 1.82) is 0 Å². The summed E-state index contributed by atoms with van der Waals surface area (Å²) in [6.07, 6.45) is 0.872. The molecule has 1 heterocycles. The third-order valence-corrected chi connectivity index (χ3v) is 4.18. The fourth-order valence-corrected chi connectivity index (χ4v) is 2.70. The quantitative estimate of drug-likeness (QED) is 0.923. The number of hydrogen-bond acceptors (Lipinski definition) is 4. The number of nitrogens with two attached hydrogens (primary N) is 1. The van der Waals surface area contributed by atoms with Gasteiger partial charge in [0.2, 0.25) is 10.0 Å². The smallest absolute Gasteiger partial charge is 0.238 e. The van der Waals surface area contributed by atoms with Crippen LogP contribution < -0.4 is 9.88 Å². The van der Waals surface area contributed by atoms with Crippen LogP contribution in [0, 0.1) is 0 Å². The number of primary sulfonamides is 1. The predicted molar refractivity (Wildman–Crippen MR) is 76.4 cm³/mol. The van der Waals surface area contributed by atoms with Crippen LogP contribution in [0.25, 0.3) is 0 Å². The molecule has 1 aromatic carbocycles. The van der Waals surface area contributed by atoms with Gasteiger partial charge in [0.25, 0.3) is 0 Å². The van der Waals surface area contributed by atoms with Crippen LogP contribution in [0.2, 0.25) is 0 Å². The summed E-state index contributed by atoms with van der Waals surface area (Å²) in [4.78, 5) is 0.109. The molecule has 112 valence electrons. The third-order valence-electron chi connectivity index (χ3n) is 3.27. The molecule has 0 spiro atoms. The second-order valence-corrected chi connectivity index (χ2v) is 7.62. The number of ether oxygens (including phenoxy) is 2. The lowest BCUT2D eigenvalue weighted by atomic mass is 9.86. The van der Waals surface area contributed by atoms with E-state index >= 15 is 0 Å². The molecule has 5 nitrogen and oxygen atoms in total. The Kier molecular flexibility index (Phi) is 4.09. The highest BCUT2D eigenvalue weighted by Gasteiger charge is 2.25. The molecule has 0 bridgehead atoms. The van der Waals surface area contributed by atoms with Gasteiger partial charge < -0.3 is 9.47 Å². The Morgan fingerprint density at radius 2 is 2.05 bits per heavy atom. The normalized spacial score (nSPS) is 20.1. The summed E-state index contributed by atoms with van der Waals surface area (Å²) in [6.45, 7) is 7.29. The maximum Gasteiger partial charge on any atom is 0.238 e. The predicted octanol–water partition coefficient (Wildman–Crippen LogP) is 1.80. The lowest BCUT2D eigenvalue weighted by Crippen LogP contribution is -2.21. The third kappa shape index (κ3) is 3.50. The summed E-state index contributed by atoms with van der Waals surface area (Å²) >= 11 is 0. The minimum Gasteiger partial charge on any atom is -0.488 e. The van der Waals surface area contributed by atoms with Gasteiger partial charge in [0.05, 0.1) is 18.1 Å². The van der Waals surface area contributed by atoms with Crippen LogP contribution in [0.4, 0.5) is 0 Å². The van der Waals surface area contributed by atoms with Gasteiger partial charge in [-0.2, -0.15) is 0 Å². The maximum absolute atomic E-state index is 11.5. The largest absolute Gasteiger partial charge is 0.488 e. The van der Waals surface area contributed by atoms with Crippen molar-refractivity contribution in [3.63, 3.8) is 0 Å². The summed E-state index contributed by atoms with van der Waals surface area (Å²) in [6, 6.07) is 4.76. The van der Waals surface area contributed by atoms with Crippen molar-refractivity contribution in [1.82, 2.24) is 0 Å². The van der Waals surface area contributed by atoms with Crippen molar-refractivity contribution in [2.24, 2.45) is 5.14 Å². The SMILES string of the molecule is CC(C)(C)c1cc(S(N)(=O)=O)ccc1OC1CCOC1. The summed E-state index contributed by atoms with van der Waals surface area (Å²) < 4.78 is 34.2. The van der Waals surface area contributed by atoms with Crippen LogP contribution in [-0.4, -0.2) is 27.7 Å². The van der Waals surface area contributed by atoms with E-state index in [0.29, 0.717) is 19.0 Å². The molecule has 1 aromatic rings. The molecule has 0 amide bonds. The first-order valence-electron chi connectivity index (χ1n) is 6.59. The van der Waals surface area contributed by atoms with Crippen LogP contribution in [0.3, 0.4) is 0 Å². The lowest BCUT2D eigenvalue weighted by Gasteiger charge is -2.25. The van der Waals surface area contributed by atoms with E-state index in [1.165, 1.54) is 6.07 Å². The van der Waals surface area contributed by atoms with Gasteiger partial charge in [0.1, 0.15) is 11.9 Å². The highest BCUT2D eigenvalue weighted by Crippen LogP contribution is 2.34. The van der Waals surface area contributed by atoms with Crippen molar-refractivity contribution in [3.8, 4) is 5.75 Å². The second-order valence-electron chi connectivity index (χ2n) is 6.06. The monoisotopic (exact) mass is 299 g/mol.